The van der Waals surface area contributed by atoms with Gasteiger partial charge in [-0.1, -0.05) is 32.4 Å². The van der Waals surface area contributed by atoms with Crippen LogP contribution in [0, 0.1) is 5.41 Å². The summed E-state index contributed by atoms with van der Waals surface area (Å²) >= 11 is 5.86. The number of piperazine rings is 1. The molecule has 0 radical (unpaired) electrons. The zero-order valence-electron chi connectivity index (χ0n) is 15.0. The zero-order valence-corrected chi connectivity index (χ0v) is 15.8. The van der Waals surface area contributed by atoms with Gasteiger partial charge in [-0.05, 0) is 36.6 Å². The summed E-state index contributed by atoms with van der Waals surface area (Å²) in [4.78, 5) is 27.3. The van der Waals surface area contributed by atoms with Crippen LogP contribution in [-0.2, 0) is 4.79 Å². The van der Waals surface area contributed by atoms with Crippen LogP contribution in [0.15, 0.2) is 24.3 Å². The van der Waals surface area contributed by atoms with Crippen molar-refractivity contribution in [1.29, 1.82) is 0 Å². The molecule has 2 amide bonds. The van der Waals surface area contributed by atoms with Gasteiger partial charge in [-0.3, -0.25) is 4.79 Å². The van der Waals surface area contributed by atoms with E-state index >= 15 is 0 Å². The Kier molecular flexibility index (Phi) is 5.83. The van der Waals surface area contributed by atoms with E-state index in [0.29, 0.717) is 30.4 Å². The monoisotopic (exact) mass is 368 g/mol. The zero-order chi connectivity index (χ0) is 18.8. The smallest absolute Gasteiger partial charge is 0.407 e. The fourth-order valence-corrected chi connectivity index (χ4v) is 3.09. The molecule has 1 fully saturated rings. The molecule has 1 N–H and O–H groups in total. The first-order valence-corrected chi connectivity index (χ1v) is 8.68. The maximum atomic E-state index is 12.9. The van der Waals surface area contributed by atoms with Crippen LogP contribution in [-0.4, -0.2) is 58.7 Å². The molecule has 2 unspecified atom stereocenters. The lowest BCUT2D eigenvalue weighted by molar-refractivity contribution is -0.146. The minimum absolute atomic E-state index is 0.139. The normalized spacial score (nSPS) is 19.5. The second-order valence-electron chi connectivity index (χ2n) is 7.36. The highest BCUT2D eigenvalue weighted by Crippen LogP contribution is 2.29. The van der Waals surface area contributed by atoms with Gasteiger partial charge in [-0.2, -0.15) is 0 Å². The van der Waals surface area contributed by atoms with Crippen LogP contribution in [0.25, 0.3) is 0 Å². The van der Waals surface area contributed by atoms with Crippen molar-refractivity contribution < 1.29 is 19.4 Å². The topological polar surface area (TPSA) is 70.1 Å². The molecule has 138 valence electrons. The Hall–Kier alpha value is -1.95. The first-order chi connectivity index (χ1) is 11.6. The number of hydrogen-bond acceptors (Lipinski definition) is 3. The number of halogens is 1. The van der Waals surface area contributed by atoms with Gasteiger partial charge in [0.15, 0.2) is 6.10 Å². The second-order valence-corrected chi connectivity index (χ2v) is 7.79. The first-order valence-electron chi connectivity index (χ1n) is 8.30. The van der Waals surface area contributed by atoms with E-state index in [-0.39, 0.29) is 17.4 Å². The highest BCUT2D eigenvalue weighted by atomic mass is 35.5. The van der Waals surface area contributed by atoms with Gasteiger partial charge in [-0.25, -0.2) is 4.79 Å². The molecule has 1 heterocycles. The van der Waals surface area contributed by atoms with Gasteiger partial charge in [-0.15, -0.1) is 0 Å². The predicted octanol–water partition coefficient (Wildman–Crippen LogP) is 3.34. The molecule has 6 nitrogen and oxygen atoms in total. The lowest BCUT2D eigenvalue weighted by Gasteiger charge is -2.47. The van der Waals surface area contributed by atoms with E-state index in [0.717, 1.165) is 0 Å². The number of nitrogens with zero attached hydrogens (tertiary/aromatic N) is 2. The summed E-state index contributed by atoms with van der Waals surface area (Å²) in [6.45, 7) is 8.71. The van der Waals surface area contributed by atoms with E-state index in [1.807, 2.05) is 20.8 Å². The highest BCUT2D eigenvalue weighted by Gasteiger charge is 2.40. The van der Waals surface area contributed by atoms with Gasteiger partial charge in [0.05, 0.1) is 6.04 Å². The van der Waals surface area contributed by atoms with Crippen LogP contribution in [0.2, 0.25) is 5.02 Å². The van der Waals surface area contributed by atoms with E-state index in [1.165, 1.54) is 4.90 Å². The number of hydrogen-bond donors (Lipinski definition) is 1. The third kappa shape index (κ3) is 4.78. The number of ether oxygens (including phenoxy) is 1. The number of carbonyl (C=O) groups excluding carboxylic acids is 1. The van der Waals surface area contributed by atoms with E-state index < -0.39 is 12.2 Å². The molecule has 0 bridgehead atoms. The van der Waals surface area contributed by atoms with Crippen molar-refractivity contribution >= 4 is 23.6 Å². The molecule has 0 aromatic heterocycles. The summed E-state index contributed by atoms with van der Waals surface area (Å²) in [6.07, 6.45) is -1.62. The lowest BCUT2D eigenvalue weighted by Crippen LogP contribution is -2.62. The molecule has 1 aliphatic rings. The van der Waals surface area contributed by atoms with E-state index in [9.17, 15) is 14.7 Å². The quantitative estimate of drug-likeness (QED) is 0.888. The Morgan fingerprint density at radius 1 is 1.24 bits per heavy atom. The van der Waals surface area contributed by atoms with Gasteiger partial charge < -0.3 is 19.6 Å². The number of carboxylic acid groups (broad SMARTS) is 1. The molecule has 2 atom stereocenters. The van der Waals surface area contributed by atoms with Gasteiger partial charge in [0.25, 0.3) is 5.91 Å². The van der Waals surface area contributed by atoms with Crippen molar-refractivity contribution in [2.75, 3.05) is 19.6 Å². The van der Waals surface area contributed by atoms with Crippen LogP contribution < -0.4 is 4.74 Å². The van der Waals surface area contributed by atoms with Crippen LogP contribution in [0.4, 0.5) is 4.79 Å². The summed E-state index contributed by atoms with van der Waals surface area (Å²) in [5.74, 6) is 0.432. The molecule has 2 rings (SSSR count). The van der Waals surface area contributed by atoms with Crippen molar-refractivity contribution in [1.82, 2.24) is 9.80 Å². The lowest BCUT2D eigenvalue weighted by atomic mass is 9.84. The van der Waals surface area contributed by atoms with E-state index in [1.54, 1.807) is 36.1 Å². The molecule has 1 aromatic carbocycles. The number of rotatable bonds is 3. The summed E-state index contributed by atoms with van der Waals surface area (Å²) in [5, 5.41) is 9.86. The van der Waals surface area contributed by atoms with Crippen LogP contribution in [0.3, 0.4) is 0 Å². The molecular formula is C18H25ClN2O4. The van der Waals surface area contributed by atoms with Crippen LogP contribution in [0.5, 0.6) is 5.75 Å². The molecule has 1 saturated heterocycles. The second kappa shape index (κ2) is 7.52. The SMILES string of the molecule is CC(Oc1ccc(Cl)cc1)C(=O)N1CCN(C(=O)O)CC1C(C)(C)C. The molecular weight excluding hydrogens is 344 g/mol. The summed E-state index contributed by atoms with van der Waals surface area (Å²) in [7, 11) is 0. The van der Waals surface area contributed by atoms with Crippen molar-refractivity contribution in [3.05, 3.63) is 29.3 Å². The standard InChI is InChI=1S/C18H25ClN2O4/c1-12(25-14-7-5-13(19)6-8-14)16(22)21-10-9-20(17(23)24)11-15(21)18(2,3)4/h5-8,12,15H,9-11H2,1-4H3,(H,23,24). The average molecular weight is 369 g/mol. The highest BCUT2D eigenvalue weighted by molar-refractivity contribution is 6.30. The predicted molar refractivity (Wildman–Crippen MR) is 96.1 cm³/mol. The minimum Gasteiger partial charge on any atom is -0.481 e. The molecule has 1 aromatic rings. The Labute approximate surface area is 153 Å². The average Bonchev–Trinajstić information content (AvgIpc) is 2.54. The third-order valence-electron chi connectivity index (χ3n) is 4.41. The van der Waals surface area contributed by atoms with Crippen molar-refractivity contribution in [3.8, 4) is 5.75 Å². The van der Waals surface area contributed by atoms with E-state index in [2.05, 4.69) is 0 Å². The van der Waals surface area contributed by atoms with Gasteiger partial charge >= 0.3 is 6.09 Å². The van der Waals surface area contributed by atoms with Gasteiger partial charge in [0, 0.05) is 24.7 Å². The fraction of sp³-hybridized carbons (Fsp3) is 0.556. The fourth-order valence-electron chi connectivity index (χ4n) is 2.96. The maximum Gasteiger partial charge on any atom is 0.407 e. The number of carbonyl (C=O) groups is 2. The molecule has 1 aliphatic heterocycles. The van der Waals surface area contributed by atoms with Gasteiger partial charge in [0.2, 0.25) is 0 Å². The van der Waals surface area contributed by atoms with Crippen molar-refractivity contribution in [2.24, 2.45) is 5.41 Å². The molecule has 0 saturated carbocycles. The summed E-state index contributed by atoms with van der Waals surface area (Å²) in [5.41, 5.74) is -0.246. The molecule has 7 heteroatoms. The minimum atomic E-state index is -0.952. The van der Waals surface area contributed by atoms with E-state index in [4.69, 9.17) is 16.3 Å². The van der Waals surface area contributed by atoms with Crippen molar-refractivity contribution in [2.45, 2.75) is 39.8 Å². The molecule has 25 heavy (non-hydrogen) atoms. The number of amides is 2. The Balaban J connectivity index is 2.12. The third-order valence-corrected chi connectivity index (χ3v) is 4.66. The molecule has 0 aliphatic carbocycles. The van der Waals surface area contributed by atoms with Crippen LogP contribution in [0.1, 0.15) is 27.7 Å². The summed E-state index contributed by atoms with van der Waals surface area (Å²) < 4.78 is 5.74. The summed E-state index contributed by atoms with van der Waals surface area (Å²) in [6, 6.07) is 6.64. The Morgan fingerprint density at radius 2 is 1.84 bits per heavy atom. The first kappa shape index (κ1) is 19.4. The van der Waals surface area contributed by atoms with Crippen molar-refractivity contribution in [3.63, 3.8) is 0 Å². The maximum absolute atomic E-state index is 12.9. The Morgan fingerprint density at radius 3 is 2.36 bits per heavy atom. The number of benzene rings is 1. The molecule has 0 spiro atoms. The van der Waals surface area contributed by atoms with Crippen LogP contribution >= 0.6 is 11.6 Å². The van der Waals surface area contributed by atoms with Gasteiger partial charge in [0.1, 0.15) is 5.75 Å². The Bertz CT molecular complexity index is 627. The largest absolute Gasteiger partial charge is 0.481 e.